The molecule has 0 bridgehead atoms. The highest BCUT2D eigenvalue weighted by molar-refractivity contribution is 7.18. The third-order valence-corrected chi connectivity index (χ3v) is 6.68. The second-order valence-corrected chi connectivity index (χ2v) is 9.04. The third-order valence-electron chi connectivity index (χ3n) is 5.66. The molecule has 1 fully saturated rings. The van der Waals surface area contributed by atoms with Gasteiger partial charge < -0.3 is 9.32 Å². The fourth-order valence-electron chi connectivity index (χ4n) is 4.05. The lowest BCUT2D eigenvalue weighted by Gasteiger charge is -2.31. The number of amides is 1. The molecule has 4 aromatic rings. The van der Waals surface area contributed by atoms with E-state index in [0.29, 0.717) is 13.1 Å². The second kappa shape index (κ2) is 8.16. The SMILES string of the molecule is CN(CC(=O)N1CCC(c2nc3ccccc3o2)CC1)Cc1nc2ccccc2s1. The first-order valence-electron chi connectivity index (χ1n) is 10.3. The Morgan fingerprint density at radius 2 is 1.83 bits per heavy atom. The maximum absolute atomic E-state index is 12.8. The van der Waals surface area contributed by atoms with Gasteiger partial charge in [-0.05, 0) is 44.2 Å². The molecule has 0 atom stereocenters. The first-order chi connectivity index (χ1) is 14.7. The number of hydrogen-bond donors (Lipinski definition) is 0. The summed E-state index contributed by atoms with van der Waals surface area (Å²) >= 11 is 1.69. The Hall–Kier alpha value is -2.77. The Balaban J connectivity index is 1.15. The Bertz CT molecular complexity index is 1110. The molecule has 7 heteroatoms. The van der Waals surface area contributed by atoms with Crippen LogP contribution in [0.1, 0.15) is 29.7 Å². The smallest absolute Gasteiger partial charge is 0.236 e. The van der Waals surface area contributed by atoms with Crippen molar-refractivity contribution in [3.63, 3.8) is 0 Å². The molecule has 1 aliphatic heterocycles. The summed E-state index contributed by atoms with van der Waals surface area (Å²) in [6, 6.07) is 16.0. The summed E-state index contributed by atoms with van der Waals surface area (Å²) in [4.78, 5) is 26.1. The second-order valence-electron chi connectivity index (χ2n) is 7.92. The zero-order valence-corrected chi connectivity index (χ0v) is 17.8. The van der Waals surface area contributed by atoms with Crippen LogP contribution >= 0.6 is 11.3 Å². The standard InChI is InChI=1S/C23H24N4O2S/c1-26(14-21-24-18-7-3-5-9-20(18)30-21)15-22(28)27-12-10-16(11-13-27)23-25-17-6-2-4-8-19(17)29-23/h2-9,16H,10-15H2,1H3. The first-order valence-corrected chi connectivity index (χ1v) is 11.1. The van der Waals surface area contributed by atoms with Gasteiger partial charge in [-0.25, -0.2) is 9.97 Å². The normalized spacial score (nSPS) is 15.5. The molecule has 2 aromatic carbocycles. The molecule has 154 valence electrons. The Morgan fingerprint density at radius 3 is 2.60 bits per heavy atom. The fourth-order valence-corrected chi connectivity index (χ4v) is 5.09. The number of oxazole rings is 1. The molecule has 6 nitrogen and oxygen atoms in total. The molecular formula is C23H24N4O2S. The predicted molar refractivity (Wildman–Crippen MR) is 119 cm³/mol. The number of likely N-dealkylation sites (tertiary alicyclic amines) is 1. The van der Waals surface area contributed by atoms with Crippen LogP contribution in [-0.4, -0.2) is 52.4 Å². The molecule has 2 aromatic heterocycles. The van der Waals surface area contributed by atoms with E-state index in [0.717, 1.165) is 53.4 Å². The lowest BCUT2D eigenvalue weighted by Crippen LogP contribution is -2.42. The summed E-state index contributed by atoms with van der Waals surface area (Å²) in [6.45, 7) is 2.59. The average Bonchev–Trinajstić information content (AvgIpc) is 3.37. The van der Waals surface area contributed by atoms with Gasteiger partial charge in [0.25, 0.3) is 0 Å². The number of carbonyl (C=O) groups excluding carboxylic acids is 1. The molecule has 1 saturated heterocycles. The quantitative estimate of drug-likeness (QED) is 0.482. The number of piperidine rings is 1. The van der Waals surface area contributed by atoms with Gasteiger partial charge in [-0.1, -0.05) is 24.3 Å². The monoisotopic (exact) mass is 420 g/mol. The maximum Gasteiger partial charge on any atom is 0.236 e. The van der Waals surface area contributed by atoms with Crippen molar-refractivity contribution in [1.82, 2.24) is 19.8 Å². The Kier molecular flexibility index (Phi) is 5.23. The van der Waals surface area contributed by atoms with Crippen LogP contribution in [0.2, 0.25) is 0 Å². The van der Waals surface area contributed by atoms with Crippen molar-refractivity contribution in [1.29, 1.82) is 0 Å². The van der Waals surface area contributed by atoms with Gasteiger partial charge in [-0.2, -0.15) is 0 Å². The Morgan fingerprint density at radius 1 is 1.10 bits per heavy atom. The number of aromatic nitrogens is 2. The van der Waals surface area contributed by atoms with Gasteiger partial charge in [0.1, 0.15) is 10.5 Å². The lowest BCUT2D eigenvalue weighted by molar-refractivity contribution is -0.133. The molecule has 0 aliphatic carbocycles. The van der Waals surface area contributed by atoms with Gasteiger partial charge in [0.2, 0.25) is 5.91 Å². The highest BCUT2D eigenvalue weighted by atomic mass is 32.1. The van der Waals surface area contributed by atoms with Crippen molar-refractivity contribution in [2.45, 2.75) is 25.3 Å². The Labute approximate surface area is 179 Å². The molecule has 0 N–H and O–H groups in total. The number of fused-ring (bicyclic) bond motifs is 2. The van der Waals surface area contributed by atoms with E-state index in [9.17, 15) is 4.79 Å². The van der Waals surface area contributed by atoms with Gasteiger partial charge in [0.05, 0.1) is 23.3 Å². The van der Waals surface area contributed by atoms with Crippen LogP contribution in [0.25, 0.3) is 21.3 Å². The molecule has 0 radical (unpaired) electrons. The number of benzene rings is 2. The van der Waals surface area contributed by atoms with Crippen LogP contribution in [0.15, 0.2) is 52.9 Å². The van der Waals surface area contributed by atoms with Crippen LogP contribution < -0.4 is 0 Å². The minimum absolute atomic E-state index is 0.176. The molecule has 0 spiro atoms. The van der Waals surface area contributed by atoms with E-state index in [1.807, 2.05) is 59.3 Å². The summed E-state index contributed by atoms with van der Waals surface area (Å²) in [5.41, 5.74) is 2.77. The van der Waals surface area contributed by atoms with Crippen LogP contribution in [-0.2, 0) is 11.3 Å². The molecule has 1 amide bonds. The zero-order chi connectivity index (χ0) is 20.5. The summed E-state index contributed by atoms with van der Waals surface area (Å²) in [6.07, 6.45) is 1.78. The van der Waals surface area contributed by atoms with Crippen LogP contribution in [0.3, 0.4) is 0 Å². The molecular weight excluding hydrogens is 396 g/mol. The number of nitrogens with zero attached hydrogens (tertiary/aromatic N) is 4. The van der Waals surface area contributed by atoms with Crippen molar-refractivity contribution in [2.24, 2.45) is 0 Å². The number of carbonyl (C=O) groups is 1. The molecule has 30 heavy (non-hydrogen) atoms. The topological polar surface area (TPSA) is 62.5 Å². The van der Waals surface area contributed by atoms with E-state index >= 15 is 0 Å². The average molecular weight is 421 g/mol. The highest BCUT2D eigenvalue weighted by Gasteiger charge is 2.27. The molecule has 0 unspecified atom stereocenters. The van der Waals surface area contributed by atoms with E-state index in [2.05, 4.69) is 16.0 Å². The minimum Gasteiger partial charge on any atom is -0.440 e. The number of hydrogen-bond acceptors (Lipinski definition) is 6. The van der Waals surface area contributed by atoms with Crippen LogP contribution in [0, 0.1) is 0 Å². The van der Waals surface area contributed by atoms with Crippen LogP contribution in [0.4, 0.5) is 0 Å². The van der Waals surface area contributed by atoms with Crippen molar-refractivity contribution in [2.75, 3.05) is 26.7 Å². The van der Waals surface area contributed by atoms with E-state index in [-0.39, 0.29) is 11.8 Å². The number of likely N-dealkylation sites (N-methyl/N-ethyl adjacent to an activating group) is 1. The molecule has 5 rings (SSSR count). The zero-order valence-electron chi connectivity index (χ0n) is 17.0. The fraction of sp³-hybridized carbons (Fsp3) is 0.348. The lowest BCUT2D eigenvalue weighted by atomic mass is 9.97. The van der Waals surface area contributed by atoms with Gasteiger partial charge in [-0.15, -0.1) is 11.3 Å². The van der Waals surface area contributed by atoms with Gasteiger partial charge in [0, 0.05) is 19.0 Å². The summed E-state index contributed by atoms with van der Waals surface area (Å²) in [7, 11) is 1.98. The van der Waals surface area contributed by atoms with Crippen molar-refractivity contribution < 1.29 is 9.21 Å². The van der Waals surface area contributed by atoms with E-state index < -0.39 is 0 Å². The van der Waals surface area contributed by atoms with Gasteiger partial charge in [0.15, 0.2) is 11.5 Å². The van der Waals surface area contributed by atoms with Crippen molar-refractivity contribution >= 4 is 38.6 Å². The highest BCUT2D eigenvalue weighted by Crippen LogP contribution is 2.30. The van der Waals surface area contributed by atoms with Crippen LogP contribution in [0.5, 0.6) is 0 Å². The van der Waals surface area contributed by atoms with E-state index in [1.165, 1.54) is 4.70 Å². The largest absolute Gasteiger partial charge is 0.440 e. The third kappa shape index (κ3) is 3.95. The number of thiazole rings is 1. The first kappa shape index (κ1) is 19.2. The van der Waals surface area contributed by atoms with E-state index in [1.54, 1.807) is 11.3 Å². The number of rotatable bonds is 5. The molecule has 3 heterocycles. The predicted octanol–water partition coefficient (Wildman–Crippen LogP) is 4.28. The van der Waals surface area contributed by atoms with Gasteiger partial charge >= 0.3 is 0 Å². The minimum atomic E-state index is 0.176. The summed E-state index contributed by atoms with van der Waals surface area (Å²) in [5, 5.41) is 1.04. The van der Waals surface area contributed by atoms with E-state index in [4.69, 9.17) is 4.42 Å². The van der Waals surface area contributed by atoms with Crippen molar-refractivity contribution in [3.8, 4) is 0 Å². The molecule has 1 aliphatic rings. The summed E-state index contributed by atoms with van der Waals surface area (Å²) < 4.78 is 7.12. The summed E-state index contributed by atoms with van der Waals surface area (Å²) in [5.74, 6) is 1.26. The number of para-hydroxylation sites is 3. The molecule has 0 saturated carbocycles. The van der Waals surface area contributed by atoms with Gasteiger partial charge in [-0.3, -0.25) is 9.69 Å². The van der Waals surface area contributed by atoms with Crippen molar-refractivity contribution in [3.05, 3.63) is 59.4 Å². The maximum atomic E-state index is 12.8.